The topological polar surface area (TPSA) is 36.3 Å². The van der Waals surface area contributed by atoms with Gasteiger partial charge in [-0.05, 0) is 36.4 Å². The summed E-state index contributed by atoms with van der Waals surface area (Å²) in [5.74, 6) is 0.743. The maximum Gasteiger partial charge on any atom is 0.304 e. The van der Waals surface area contributed by atoms with E-state index in [-0.39, 0.29) is 0 Å². The molecule has 0 N–H and O–H groups in total. The largest absolute Gasteiger partial charge is 0.425 e. The first-order valence-electron chi connectivity index (χ1n) is 8.20. The Bertz CT molecular complexity index is 794. The first kappa shape index (κ1) is 16.7. The van der Waals surface area contributed by atoms with Gasteiger partial charge in [0.25, 0.3) is 0 Å². The molecule has 1 heterocycles. The van der Waals surface area contributed by atoms with Gasteiger partial charge in [-0.25, -0.2) is 0 Å². The first-order chi connectivity index (χ1) is 11.5. The second-order valence-corrected chi connectivity index (χ2v) is 12.6. The van der Waals surface area contributed by atoms with Crippen molar-refractivity contribution in [3.63, 3.8) is 0 Å². The Labute approximate surface area is 144 Å². The Morgan fingerprint density at radius 1 is 1.08 bits per heavy atom. The van der Waals surface area contributed by atoms with Crippen LogP contribution in [0.1, 0.15) is 0 Å². The second-order valence-electron chi connectivity index (χ2n) is 7.00. The molecule has 0 saturated heterocycles. The maximum absolute atomic E-state index is 5.95. The summed E-state index contributed by atoms with van der Waals surface area (Å²) in [6, 6.07) is 20.1. The third-order valence-electron chi connectivity index (χ3n) is 3.73. The van der Waals surface area contributed by atoms with E-state index in [9.17, 15) is 0 Å². The van der Waals surface area contributed by atoms with Gasteiger partial charge < -0.3 is 9.47 Å². The van der Waals surface area contributed by atoms with Gasteiger partial charge in [0, 0.05) is 14.7 Å². The standard InChI is InChI=1S/C19H23N2O2Si/c1-24(2,3)14-13-22-15-21-18-12-8-7-11-17(18)20-19(21)23-16-9-5-4-6-10-16/h5-12H,13-15H2,1-3H3. The molecule has 5 heteroatoms. The van der Waals surface area contributed by atoms with E-state index in [1.807, 2.05) is 53.1 Å². The fraction of sp³-hybridized carbons (Fsp3) is 0.316. The van der Waals surface area contributed by atoms with E-state index in [4.69, 9.17) is 9.47 Å². The summed E-state index contributed by atoms with van der Waals surface area (Å²) < 4.78 is 13.8. The molecule has 1 radical (unpaired) electrons. The summed E-state index contributed by atoms with van der Waals surface area (Å²) in [6.45, 7) is 8.26. The molecule has 3 aromatic rings. The molecule has 0 spiro atoms. The SMILES string of the molecule is C[Si](C)(C)CCOCn1c(Oc2cc[c]cc2)nc2ccccc21. The normalized spacial score (nSPS) is 11.8. The van der Waals surface area contributed by atoms with Crippen molar-refractivity contribution in [1.82, 2.24) is 9.55 Å². The molecule has 0 amide bonds. The minimum atomic E-state index is -1.09. The van der Waals surface area contributed by atoms with E-state index < -0.39 is 8.07 Å². The molecule has 0 atom stereocenters. The maximum atomic E-state index is 5.95. The van der Waals surface area contributed by atoms with Gasteiger partial charge in [-0.3, -0.25) is 4.57 Å². The highest BCUT2D eigenvalue weighted by Crippen LogP contribution is 2.26. The van der Waals surface area contributed by atoms with Gasteiger partial charge in [-0.15, -0.1) is 0 Å². The van der Waals surface area contributed by atoms with Crippen LogP contribution >= 0.6 is 0 Å². The van der Waals surface area contributed by atoms with Crippen LogP contribution in [0.25, 0.3) is 11.0 Å². The van der Waals surface area contributed by atoms with Gasteiger partial charge in [0.15, 0.2) is 0 Å². The molecular weight excluding hydrogens is 316 g/mol. The minimum Gasteiger partial charge on any atom is -0.425 e. The van der Waals surface area contributed by atoms with Crippen molar-refractivity contribution in [1.29, 1.82) is 0 Å². The number of nitrogens with zero attached hydrogens (tertiary/aromatic N) is 2. The van der Waals surface area contributed by atoms with E-state index in [1.54, 1.807) is 0 Å². The number of ether oxygens (including phenoxy) is 2. The minimum absolute atomic E-state index is 0.444. The van der Waals surface area contributed by atoms with Gasteiger partial charge in [-0.1, -0.05) is 43.9 Å². The number of fused-ring (bicyclic) bond motifs is 1. The van der Waals surface area contributed by atoms with Crippen molar-refractivity contribution < 1.29 is 9.47 Å². The van der Waals surface area contributed by atoms with Crippen LogP contribution in [-0.2, 0) is 11.5 Å². The summed E-state index contributed by atoms with van der Waals surface area (Å²) in [6.07, 6.45) is 0. The van der Waals surface area contributed by atoms with Crippen LogP contribution in [0.2, 0.25) is 25.7 Å². The molecule has 0 aliphatic carbocycles. The monoisotopic (exact) mass is 339 g/mol. The Morgan fingerprint density at radius 2 is 1.83 bits per heavy atom. The molecule has 2 aromatic carbocycles. The van der Waals surface area contributed by atoms with E-state index in [2.05, 4.69) is 30.7 Å². The molecule has 24 heavy (non-hydrogen) atoms. The number of benzene rings is 2. The Morgan fingerprint density at radius 3 is 2.58 bits per heavy atom. The van der Waals surface area contributed by atoms with Gasteiger partial charge in [-0.2, -0.15) is 4.98 Å². The van der Waals surface area contributed by atoms with E-state index in [0.717, 1.165) is 29.4 Å². The average Bonchev–Trinajstić information content (AvgIpc) is 2.89. The highest BCUT2D eigenvalue weighted by molar-refractivity contribution is 6.76. The van der Waals surface area contributed by atoms with Crippen LogP contribution in [-0.4, -0.2) is 24.2 Å². The van der Waals surface area contributed by atoms with Crippen molar-refractivity contribution in [3.05, 3.63) is 54.6 Å². The molecule has 0 unspecified atom stereocenters. The Kier molecular flexibility index (Phi) is 5.02. The number of rotatable bonds is 7. The first-order valence-corrected chi connectivity index (χ1v) is 11.9. The lowest BCUT2D eigenvalue weighted by atomic mass is 10.3. The van der Waals surface area contributed by atoms with Crippen LogP contribution in [0.4, 0.5) is 0 Å². The van der Waals surface area contributed by atoms with Crippen LogP contribution in [0, 0.1) is 6.07 Å². The van der Waals surface area contributed by atoms with E-state index >= 15 is 0 Å². The quantitative estimate of drug-likeness (QED) is 0.452. The zero-order valence-corrected chi connectivity index (χ0v) is 15.5. The second kappa shape index (κ2) is 7.19. The van der Waals surface area contributed by atoms with E-state index in [0.29, 0.717) is 12.7 Å². The molecule has 0 aliphatic rings. The summed E-state index contributed by atoms with van der Waals surface area (Å²) >= 11 is 0. The zero-order valence-electron chi connectivity index (χ0n) is 14.5. The number of para-hydroxylation sites is 2. The lowest BCUT2D eigenvalue weighted by Crippen LogP contribution is -2.22. The lowest BCUT2D eigenvalue weighted by molar-refractivity contribution is 0.0850. The Balaban J connectivity index is 1.80. The summed E-state index contributed by atoms with van der Waals surface area (Å²) in [7, 11) is -1.09. The fourth-order valence-electron chi connectivity index (χ4n) is 2.34. The van der Waals surface area contributed by atoms with Crippen molar-refractivity contribution in [2.45, 2.75) is 32.4 Å². The molecule has 125 valence electrons. The Hall–Kier alpha value is -2.11. The molecular formula is C19H23N2O2Si. The summed E-state index contributed by atoms with van der Waals surface area (Å²) in [5.41, 5.74) is 1.92. The highest BCUT2D eigenvalue weighted by atomic mass is 28.3. The number of hydrogen-bond acceptors (Lipinski definition) is 3. The average molecular weight is 339 g/mol. The van der Waals surface area contributed by atoms with Gasteiger partial charge in [0.2, 0.25) is 0 Å². The predicted octanol–water partition coefficient (Wildman–Crippen LogP) is 4.94. The third kappa shape index (κ3) is 4.24. The van der Waals surface area contributed by atoms with Crippen LogP contribution < -0.4 is 4.74 Å². The van der Waals surface area contributed by atoms with Crippen molar-refractivity contribution >= 4 is 19.1 Å². The predicted molar refractivity (Wildman–Crippen MR) is 99.2 cm³/mol. The summed E-state index contributed by atoms with van der Waals surface area (Å²) in [4.78, 5) is 4.59. The van der Waals surface area contributed by atoms with Crippen molar-refractivity contribution in [2.24, 2.45) is 0 Å². The van der Waals surface area contributed by atoms with E-state index in [1.165, 1.54) is 0 Å². The van der Waals surface area contributed by atoms with Crippen LogP contribution in [0.3, 0.4) is 0 Å². The van der Waals surface area contributed by atoms with Crippen molar-refractivity contribution in [3.8, 4) is 11.8 Å². The van der Waals surface area contributed by atoms with Crippen LogP contribution in [0.5, 0.6) is 11.8 Å². The van der Waals surface area contributed by atoms with Crippen LogP contribution in [0.15, 0.2) is 48.5 Å². The molecule has 4 nitrogen and oxygen atoms in total. The van der Waals surface area contributed by atoms with Gasteiger partial charge >= 0.3 is 6.01 Å². The molecule has 0 fully saturated rings. The molecule has 3 rings (SSSR count). The number of imidazole rings is 1. The number of hydrogen-bond donors (Lipinski definition) is 0. The fourth-order valence-corrected chi connectivity index (χ4v) is 3.09. The smallest absolute Gasteiger partial charge is 0.304 e. The molecule has 0 aliphatic heterocycles. The molecule has 0 saturated carbocycles. The zero-order chi connectivity index (χ0) is 17.0. The van der Waals surface area contributed by atoms with Gasteiger partial charge in [0.1, 0.15) is 12.5 Å². The van der Waals surface area contributed by atoms with Crippen molar-refractivity contribution in [2.75, 3.05) is 6.61 Å². The molecule has 0 bridgehead atoms. The lowest BCUT2D eigenvalue weighted by Gasteiger charge is -2.16. The van der Waals surface area contributed by atoms with Gasteiger partial charge in [0.05, 0.1) is 11.0 Å². The number of aromatic nitrogens is 2. The summed E-state index contributed by atoms with van der Waals surface area (Å²) in [5, 5.41) is 0. The third-order valence-corrected chi connectivity index (χ3v) is 5.44. The highest BCUT2D eigenvalue weighted by Gasteiger charge is 2.15. The molecule has 1 aromatic heterocycles.